The highest BCUT2D eigenvalue weighted by atomic mass is 19.1. The zero-order valence-electron chi connectivity index (χ0n) is 15.9. The van der Waals surface area contributed by atoms with Crippen LogP contribution in [0.5, 0.6) is 0 Å². The molecular weight excluding hydrogens is 376 g/mol. The van der Waals surface area contributed by atoms with Gasteiger partial charge in [0.2, 0.25) is 0 Å². The number of pyridine rings is 1. The van der Waals surface area contributed by atoms with Crippen molar-refractivity contribution in [1.82, 2.24) is 4.98 Å². The molecular formula is C22H19F2N3O2. The molecule has 7 heteroatoms. The van der Waals surface area contributed by atoms with E-state index in [1.807, 2.05) is 12.1 Å². The van der Waals surface area contributed by atoms with Crippen LogP contribution in [0.1, 0.15) is 46.3 Å². The van der Waals surface area contributed by atoms with Crippen molar-refractivity contribution in [2.45, 2.75) is 19.8 Å². The fourth-order valence-corrected chi connectivity index (χ4v) is 2.61. The standard InChI is InChI=1S/C22H19F2N3O2/c1-13(2)14-6-9-16(10-7-14)25-21(28)19-4-3-5-20(26-19)22(29)27-18-11-8-15(23)12-17(18)24/h3-13H,1-2H3,(H,25,28)(H,27,29). The summed E-state index contributed by atoms with van der Waals surface area (Å²) in [5.74, 6) is -2.48. The van der Waals surface area contributed by atoms with Crippen molar-refractivity contribution in [3.63, 3.8) is 0 Å². The van der Waals surface area contributed by atoms with Gasteiger partial charge in [-0.15, -0.1) is 0 Å². The van der Waals surface area contributed by atoms with Crippen molar-refractivity contribution < 1.29 is 18.4 Å². The minimum atomic E-state index is -0.905. The smallest absolute Gasteiger partial charge is 0.274 e. The van der Waals surface area contributed by atoms with Gasteiger partial charge < -0.3 is 10.6 Å². The molecule has 2 N–H and O–H groups in total. The third-order valence-electron chi connectivity index (χ3n) is 4.23. The first kappa shape index (κ1) is 20.1. The Labute approximate surface area is 166 Å². The first-order valence-corrected chi connectivity index (χ1v) is 8.98. The number of aromatic nitrogens is 1. The summed E-state index contributed by atoms with van der Waals surface area (Å²) in [6.45, 7) is 4.15. The summed E-state index contributed by atoms with van der Waals surface area (Å²) in [6, 6.07) is 14.6. The second-order valence-corrected chi connectivity index (χ2v) is 6.72. The number of hydrogen-bond donors (Lipinski definition) is 2. The molecule has 0 aliphatic rings. The number of anilines is 2. The molecule has 2 aromatic carbocycles. The number of benzene rings is 2. The van der Waals surface area contributed by atoms with Gasteiger partial charge in [-0.25, -0.2) is 13.8 Å². The first-order valence-electron chi connectivity index (χ1n) is 8.98. The summed E-state index contributed by atoms with van der Waals surface area (Å²) in [6.07, 6.45) is 0. The van der Waals surface area contributed by atoms with Crippen LogP contribution in [0.4, 0.5) is 20.2 Å². The van der Waals surface area contributed by atoms with Gasteiger partial charge in [-0.05, 0) is 47.9 Å². The molecule has 0 aliphatic heterocycles. The van der Waals surface area contributed by atoms with E-state index in [9.17, 15) is 18.4 Å². The van der Waals surface area contributed by atoms with Crippen molar-refractivity contribution in [2.75, 3.05) is 10.6 Å². The number of rotatable bonds is 5. The maximum absolute atomic E-state index is 13.7. The highest BCUT2D eigenvalue weighted by Crippen LogP contribution is 2.18. The van der Waals surface area contributed by atoms with Crippen LogP contribution in [0.25, 0.3) is 0 Å². The van der Waals surface area contributed by atoms with E-state index in [-0.39, 0.29) is 17.1 Å². The molecule has 0 fully saturated rings. The van der Waals surface area contributed by atoms with Crippen molar-refractivity contribution in [3.8, 4) is 0 Å². The molecule has 0 unspecified atom stereocenters. The molecule has 5 nitrogen and oxygen atoms in total. The van der Waals surface area contributed by atoms with Gasteiger partial charge in [0.15, 0.2) is 0 Å². The van der Waals surface area contributed by atoms with Crippen molar-refractivity contribution in [3.05, 3.63) is 89.2 Å². The summed E-state index contributed by atoms with van der Waals surface area (Å²) in [4.78, 5) is 28.8. The molecule has 3 aromatic rings. The Hall–Kier alpha value is -3.61. The van der Waals surface area contributed by atoms with E-state index in [0.29, 0.717) is 17.7 Å². The minimum Gasteiger partial charge on any atom is -0.321 e. The molecule has 0 atom stereocenters. The molecule has 0 bridgehead atoms. The highest BCUT2D eigenvalue weighted by molar-refractivity contribution is 6.06. The maximum Gasteiger partial charge on any atom is 0.274 e. The fraction of sp³-hybridized carbons (Fsp3) is 0.136. The predicted octanol–water partition coefficient (Wildman–Crippen LogP) is 4.99. The van der Waals surface area contributed by atoms with Crippen LogP contribution in [-0.4, -0.2) is 16.8 Å². The van der Waals surface area contributed by atoms with Crippen molar-refractivity contribution >= 4 is 23.2 Å². The minimum absolute atomic E-state index is 0.0326. The Morgan fingerprint density at radius 1 is 0.862 bits per heavy atom. The lowest BCUT2D eigenvalue weighted by Gasteiger charge is -2.09. The van der Waals surface area contributed by atoms with E-state index in [1.165, 1.54) is 18.2 Å². The number of nitrogens with one attached hydrogen (secondary N) is 2. The number of amides is 2. The van der Waals surface area contributed by atoms with Gasteiger partial charge in [-0.3, -0.25) is 9.59 Å². The SMILES string of the molecule is CC(C)c1ccc(NC(=O)c2cccc(C(=O)Nc3ccc(F)cc3F)n2)cc1. The lowest BCUT2D eigenvalue weighted by Crippen LogP contribution is -2.19. The average molecular weight is 395 g/mol. The van der Waals surface area contributed by atoms with Gasteiger partial charge in [0.1, 0.15) is 23.0 Å². The van der Waals surface area contributed by atoms with E-state index in [0.717, 1.165) is 17.7 Å². The lowest BCUT2D eigenvalue weighted by atomic mass is 10.0. The molecule has 0 saturated carbocycles. The van der Waals surface area contributed by atoms with Crippen LogP contribution in [0.3, 0.4) is 0 Å². The molecule has 0 aliphatic carbocycles. The van der Waals surface area contributed by atoms with Gasteiger partial charge in [0, 0.05) is 11.8 Å². The molecule has 1 heterocycles. The molecule has 3 rings (SSSR count). The largest absolute Gasteiger partial charge is 0.321 e. The van der Waals surface area contributed by atoms with E-state index < -0.39 is 23.4 Å². The number of hydrogen-bond acceptors (Lipinski definition) is 3. The van der Waals surface area contributed by atoms with E-state index in [1.54, 1.807) is 12.1 Å². The first-order chi connectivity index (χ1) is 13.8. The van der Waals surface area contributed by atoms with Gasteiger partial charge in [-0.1, -0.05) is 32.0 Å². The Balaban J connectivity index is 1.72. The lowest BCUT2D eigenvalue weighted by molar-refractivity contribution is 0.101. The average Bonchev–Trinajstić information content (AvgIpc) is 2.70. The number of carbonyl (C=O) groups excluding carboxylic acids is 2. The Morgan fingerprint density at radius 2 is 1.48 bits per heavy atom. The summed E-state index contributed by atoms with van der Waals surface area (Å²) in [5, 5.41) is 5.03. The van der Waals surface area contributed by atoms with E-state index >= 15 is 0 Å². The molecule has 29 heavy (non-hydrogen) atoms. The zero-order valence-corrected chi connectivity index (χ0v) is 15.9. The summed E-state index contributed by atoms with van der Waals surface area (Å²) in [7, 11) is 0. The molecule has 148 valence electrons. The third kappa shape index (κ3) is 5.01. The van der Waals surface area contributed by atoms with Gasteiger partial charge in [-0.2, -0.15) is 0 Å². The Kier molecular flexibility index (Phi) is 5.97. The quantitative estimate of drug-likeness (QED) is 0.640. The van der Waals surface area contributed by atoms with Gasteiger partial charge >= 0.3 is 0 Å². The van der Waals surface area contributed by atoms with Crippen molar-refractivity contribution in [2.24, 2.45) is 0 Å². The van der Waals surface area contributed by atoms with Crippen molar-refractivity contribution in [1.29, 1.82) is 0 Å². The highest BCUT2D eigenvalue weighted by Gasteiger charge is 2.15. The number of carbonyl (C=O) groups is 2. The molecule has 0 spiro atoms. The third-order valence-corrected chi connectivity index (χ3v) is 4.23. The van der Waals surface area contributed by atoms with Crippen LogP contribution < -0.4 is 10.6 Å². The molecule has 1 aromatic heterocycles. The second kappa shape index (κ2) is 8.60. The van der Waals surface area contributed by atoms with E-state index in [4.69, 9.17) is 0 Å². The van der Waals surface area contributed by atoms with Crippen LogP contribution in [0.15, 0.2) is 60.7 Å². The number of nitrogens with zero attached hydrogens (tertiary/aromatic N) is 1. The summed E-state index contributed by atoms with van der Waals surface area (Å²) in [5.41, 5.74) is 1.53. The Bertz CT molecular complexity index is 1050. The second-order valence-electron chi connectivity index (χ2n) is 6.72. The van der Waals surface area contributed by atoms with Crippen LogP contribution in [0.2, 0.25) is 0 Å². The Morgan fingerprint density at radius 3 is 2.07 bits per heavy atom. The topological polar surface area (TPSA) is 71.1 Å². The number of halogens is 2. The van der Waals surface area contributed by atoms with Gasteiger partial charge in [0.05, 0.1) is 5.69 Å². The monoisotopic (exact) mass is 395 g/mol. The molecule has 0 saturated heterocycles. The summed E-state index contributed by atoms with van der Waals surface area (Å²) >= 11 is 0. The van der Waals surface area contributed by atoms with Crippen LogP contribution >= 0.6 is 0 Å². The van der Waals surface area contributed by atoms with E-state index in [2.05, 4.69) is 29.5 Å². The normalized spacial score (nSPS) is 10.7. The predicted molar refractivity (Wildman–Crippen MR) is 107 cm³/mol. The fourth-order valence-electron chi connectivity index (χ4n) is 2.61. The zero-order chi connectivity index (χ0) is 21.0. The molecule has 0 radical (unpaired) electrons. The summed E-state index contributed by atoms with van der Waals surface area (Å²) < 4.78 is 26.7. The van der Waals surface area contributed by atoms with Gasteiger partial charge in [0.25, 0.3) is 11.8 Å². The van der Waals surface area contributed by atoms with Crippen LogP contribution in [0, 0.1) is 11.6 Å². The van der Waals surface area contributed by atoms with Crippen LogP contribution in [-0.2, 0) is 0 Å². The molecule has 2 amide bonds. The maximum atomic E-state index is 13.7.